The van der Waals surface area contributed by atoms with Crippen LogP contribution in [0.2, 0.25) is 0 Å². The first-order chi connectivity index (χ1) is 11.9. The summed E-state index contributed by atoms with van der Waals surface area (Å²) in [4.78, 5) is 18.6. The van der Waals surface area contributed by atoms with Gasteiger partial charge in [-0.25, -0.2) is 4.98 Å². The van der Waals surface area contributed by atoms with Crippen LogP contribution in [0.4, 0.5) is 24.8 Å². The zero-order valence-corrected chi connectivity index (χ0v) is 12.8. The minimum atomic E-state index is -4.56. The van der Waals surface area contributed by atoms with Gasteiger partial charge in [-0.15, -0.1) is 0 Å². The summed E-state index contributed by atoms with van der Waals surface area (Å²) in [6, 6.07) is 9.80. The number of hydrogen-bond acceptors (Lipinski definition) is 3. The number of primary amides is 1. The molecule has 0 aliphatic rings. The fraction of sp³-hybridized carbons (Fsp3) is 0.0588. The first kappa shape index (κ1) is 16.6. The number of para-hydroxylation sites is 1. The molecule has 128 valence electrons. The van der Waals surface area contributed by atoms with Crippen molar-refractivity contribution in [3.05, 3.63) is 66.0 Å². The quantitative estimate of drug-likeness (QED) is 0.669. The number of hydrogen-bond donors (Lipinski definition) is 3. The Morgan fingerprint density at radius 3 is 2.52 bits per heavy atom. The van der Waals surface area contributed by atoms with Gasteiger partial charge in [-0.1, -0.05) is 24.3 Å². The van der Waals surface area contributed by atoms with Gasteiger partial charge in [0, 0.05) is 29.2 Å². The molecule has 3 aromatic rings. The SMILES string of the molecule is NC(=O)c1cc(C(F)(F)F)ccc1-c1ccccc1Nc1ncc[nH]1. The van der Waals surface area contributed by atoms with Crippen LogP contribution in [0.3, 0.4) is 0 Å². The molecular weight excluding hydrogens is 333 g/mol. The third kappa shape index (κ3) is 3.47. The second-order valence-corrected chi connectivity index (χ2v) is 5.23. The Labute approximate surface area is 140 Å². The minimum Gasteiger partial charge on any atom is -0.366 e. The number of rotatable bonds is 4. The maximum absolute atomic E-state index is 12.9. The molecule has 0 bridgehead atoms. The lowest BCUT2D eigenvalue weighted by Crippen LogP contribution is -2.15. The Balaban J connectivity index is 2.12. The van der Waals surface area contributed by atoms with Crippen molar-refractivity contribution in [1.82, 2.24) is 9.97 Å². The summed E-state index contributed by atoms with van der Waals surface area (Å²) < 4.78 is 38.8. The van der Waals surface area contributed by atoms with E-state index in [1.165, 1.54) is 6.07 Å². The normalized spacial score (nSPS) is 11.3. The standard InChI is InChI=1S/C17H13F3N4O/c18-17(19,20)10-5-6-11(13(9-10)15(21)25)12-3-1-2-4-14(12)24-16-22-7-8-23-16/h1-9H,(H2,21,25)(H2,22,23,24). The molecule has 1 amide bonds. The number of H-pyrrole nitrogens is 1. The average molecular weight is 346 g/mol. The monoisotopic (exact) mass is 346 g/mol. The van der Waals surface area contributed by atoms with Crippen molar-refractivity contribution in [2.45, 2.75) is 6.18 Å². The summed E-state index contributed by atoms with van der Waals surface area (Å²) >= 11 is 0. The van der Waals surface area contributed by atoms with E-state index in [0.717, 1.165) is 12.1 Å². The van der Waals surface area contributed by atoms with Gasteiger partial charge < -0.3 is 16.0 Å². The van der Waals surface area contributed by atoms with Gasteiger partial charge in [0.1, 0.15) is 0 Å². The molecule has 0 radical (unpaired) electrons. The zero-order chi connectivity index (χ0) is 18.0. The molecule has 25 heavy (non-hydrogen) atoms. The molecule has 0 unspecified atom stereocenters. The zero-order valence-electron chi connectivity index (χ0n) is 12.8. The summed E-state index contributed by atoms with van der Waals surface area (Å²) in [5.41, 5.74) is 5.57. The highest BCUT2D eigenvalue weighted by Crippen LogP contribution is 2.36. The van der Waals surface area contributed by atoms with Crippen molar-refractivity contribution in [1.29, 1.82) is 0 Å². The van der Waals surface area contributed by atoms with E-state index in [9.17, 15) is 18.0 Å². The van der Waals surface area contributed by atoms with E-state index in [1.54, 1.807) is 36.7 Å². The van der Waals surface area contributed by atoms with Gasteiger partial charge in [-0.2, -0.15) is 13.2 Å². The Morgan fingerprint density at radius 1 is 1.12 bits per heavy atom. The van der Waals surface area contributed by atoms with E-state index in [-0.39, 0.29) is 5.56 Å². The highest BCUT2D eigenvalue weighted by molar-refractivity contribution is 6.01. The van der Waals surface area contributed by atoms with Crippen molar-refractivity contribution >= 4 is 17.5 Å². The van der Waals surface area contributed by atoms with Gasteiger partial charge in [0.15, 0.2) is 0 Å². The van der Waals surface area contributed by atoms with Crippen LogP contribution in [0, 0.1) is 0 Å². The Bertz CT molecular complexity index is 905. The topological polar surface area (TPSA) is 83.8 Å². The van der Waals surface area contributed by atoms with E-state index in [1.807, 2.05) is 0 Å². The third-order valence-corrected chi connectivity index (χ3v) is 3.58. The van der Waals surface area contributed by atoms with Gasteiger partial charge in [0.2, 0.25) is 11.9 Å². The highest BCUT2D eigenvalue weighted by Gasteiger charge is 2.31. The van der Waals surface area contributed by atoms with E-state index in [2.05, 4.69) is 15.3 Å². The number of imidazole rings is 1. The van der Waals surface area contributed by atoms with Crippen LogP contribution in [-0.4, -0.2) is 15.9 Å². The Morgan fingerprint density at radius 2 is 1.88 bits per heavy atom. The van der Waals surface area contributed by atoms with Crippen molar-refractivity contribution < 1.29 is 18.0 Å². The summed E-state index contributed by atoms with van der Waals surface area (Å²) in [7, 11) is 0. The number of alkyl halides is 3. The van der Waals surface area contributed by atoms with Crippen LogP contribution >= 0.6 is 0 Å². The van der Waals surface area contributed by atoms with Crippen LogP contribution in [0.5, 0.6) is 0 Å². The first-order valence-corrected chi connectivity index (χ1v) is 7.23. The van der Waals surface area contributed by atoms with Gasteiger partial charge in [-0.3, -0.25) is 4.79 Å². The van der Waals surface area contributed by atoms with Crippen LogP contribution < -0.4 is 11.1 Å². The molecule has 0 saturated heterocycles. The molecular formula is C17H13F3N4O. The van der Waals surface area contributed by atoms with Crippen molar-refractivity contribution in [3.63, 3.8) is 0 Å². The molecule has 0 aliphatic carbocycles. The molecule has 0 spiro atoms. The second-order valence-electron chi connectivity index (χ2n) is 5.23. The summed E-state index contributed by atoms with van der Waals surface area (Å²) in [6.45, 7) is 0. The molecule has 0 aliphatic heterocycles. The molecule has 5 nitrogen and oxygen atoms in total. The lowest BCUT2D eigenvalue weighted by atomic mass is 9.95. The lowest BCUT2D eigenvalue weighted by molar-refractivity contribution is -0.137. The van der Waals surface area contributed by atoms with Gasteiger partial charge in [0.25, 0.3) is 0 Å². The number of amides is 1. The maximum atomic E-state index is 12.9. The number of benzene rings is 2. The van der Waals surface area contributed by atoms with E-state index < -0.39 is 17.6 Å². The number of aromatic amines is 1. The van der Waals surface area contributed by atoms with E-state index in [4.69, 9.17) is 5.73 Å². The molecule has 8 heteroatoms. The molecule has 3 rings (SSSR count). The molecule has 4 N–H and O–H groups in total. The minimum absolute atomic E-state index is 0.205. The smallest absolute Gasteiger partial charge is 0.366 e. The molecule has 0 atom stereocenters. The van der Waals surface area contributed by atoms with Gasteiger partial charge in [-0.05, 0) is 23.8 Å². The van der Waals surface area contributed by atoms with Crippen LogP contribution in [0.1, 0.15) is 15.9 Å². The van der Waals surface area contributed by atoms with E-state index in [0.29, 0.717) is 22.8 Å². The molecule has 1 heterocycles. The number of nitrogens with two attached hydrogens (primary N) is 1. The second kappa shape index (κ2) is 6.31. The van der Waals surface area contributed by atoms with Crippen LogP contribution in [0.25, 0.3) is 11.1 Å². The number of carbonyl (C=O) groups excluding carboxylic acids is 1. The molecule has 0 fully saturated rings. The van der Waals surface area contributed by atoms with Gasteiger partial charge >= 0.3 is 6.18 Å². The number of nitrogens with zero attached hydrogens (tertiary/aromatic N) is 1. The lowest BCUT2D eigenvalue weighted by Gasteiger charge is -2.15. The molecule has 2 aromatic carbocycles. The Kier molecular flexibility index (Phi) is 4.18. The van der Waals surface area contributed by atoms with Gasteiger partial charge in [0.05, 0.1) is 5.56 Å². The number of carbonyl (C=O) groups is 1. The summed E-state index contributed by atoms with van der Waals surface area (Å²) in [5, 5.41) is 3.02. The van der Waals surface area contributed by atoms with Crippen molar-refractivity contribution in [3.8, 4) is 11.1 Å². The third-order valence-electron chi connectivity index (χ3n) is 3.58. The fourth-order valence-electron chi connectivity index (χ4n) is 2.45. The van der Waals surface area contributed by atoms with Crippen LogP contribution in [0.15, 0.2) is 54.9 Å². The van der Waals surface area contributed by atoms with Crippen molar-refractivity contribution in [2.75, 3.05) is 5.32 Å². The predicted molar refractivity (Wildman–Crippen MR) is 87.3 cm³/mol. The first-order valence-electron chi connectivity index (χ1n) is 7.23. The van der Waals surface area contributed by atoms with E-state index >= 15 is 0 Å². The van der Waals surface area contributed by atoms with Crippen LogP contribution in [-0.2, 0) is 6.18 Å². The summed E-state index contributed by atoms with van der Waals surface area (Å²) in [5.74, 6) is -0.478. The van der Waals surface area contributed by atoms with Crippen molar-refractivity contribution in [2.24, 2.45) is 5.73 Å². The largest absolute Gasteiger partial charge is 0.416 e. The predicted octanol–water partition coefficient (Wildman–Crippen LogP) is 3.94. The highest BCUT2D eigenvalue weighted by atomic mass is 19.4. The number of halogens is 3. The fourth-order valence-corrected chi connectivity index (χ4v) is 2.45. The summed E-state index contributed by atoms with van der Waals surface area (Å²) in [6.07, 6.45) is -1.38. The maximum Gasteiger partial charge on any atom is 0.416 e. The number of nitrogens with one attached hydrogen (secondary N) is 2. The average Bonchev–Trinajstić information content (AvgIpc) is 3.07. The number of aromatic nitrogens is 2. The molecule has 0 saturated carbocycles. The number of anilines is 2. The Hall–Kier alpha value is -3.29. The molecule has 1 aromatic heterocycles.